The van der Waals surface area contributed by atoms with Gasteiger partial charge in [0.25, 0.3) is 0 Å². The van der Waals surface area contributed by atoms with Crippen LogP contribution in [0.3, 0.4) is 0 Å². The Hall–Kier alpha value is -2.89. The van der Waals surface area contributed by atoms with Crippen molar-refractivity contribution >= 4 is 11.9 Å². The Bertz CT molecular complexity index is 724. The van der Waals surface area contributed by atoms with Crippen LogP contribution in [0.25, 0.3) is 11.1 Å². The number of phenolic OH excluding ortho intramolecular Hbond substituents is 1. The van der Waals surface area contributed by atoms with E-state index in [-0.39, 0.29) is 16.9 Å². The summed E-state index contributed by atoms with van der Waals surface area (Å²) in [7, 11) is 1.14. The second-order valence-electron chi connectivity index (χ2n) is 4.26. The Morgan fingerprint density at radius 1 is 1.10 bits per heavy atom. The van der Waals surface area contributed by atoms with Crippen molar-refractivity contribution in [1.82, 2.24) is 0 Å². The van der Waals surface area contributed by atoms with E-state index in [0.29, 0.717) is 11.1 Å². The number of aromatic carboxylic acids is 1. The third-order valence-corrected chi connectivity index (χ3v) is 2.87. The maximum atomic E-state index is 13.9. The lowest BCUT2D eigenvalue weighted by Crippen LogP contribution is -2.04. The van der Waals surface area contributed by atoms with E-state index in [0.717, 1.165) is 19.2 Å². The van der Waals surface area contributed by atoms with Gasteiger partial charge in [0.15, 0.2) is 0 Å². The first-order chi connectivity index (χ1) is 9.92. The van der Waals surface area contributed by atoms with E-state index in [1.165, 1.54) is 24.3 Å². The number of phenols is 1. The summed E-state index contributed by atoms with van der Waals surface area (Å²) in [5.74, 6) is -3.05. The van der Waals surface area contributed by atoms with Crippen LogP contribution in [0.1, 0.15) is 20.7 Å². The molecule has 0 unspecified atom stereocenters. The minimum Gasteiger partial charge on any atom is -0.508 e. The van der Waals surface area contributed by atoms with Gasteiger partial charge in [-0.15, -0.1) is 0 Å². The van der Waals surface area contributed by atoms with Crippen molar-refractivity contribution < 1.29 is 28.9 Å². The molecule has 0 aliphatic carbocycles. The molecule has 6 heteroatoms. The number of benzene rings is 2. The summed E-state index contributed by atoms with van der Waals surface area (Å²) in [5, 5.41) is 18.5. The molecule has 5 nitrogen and oxygen atoms in total. The van der Waals surface area contributed by atoms with Crippen molar-refractivity contribution in [1.29, 1.82) is 0 Å². The van der Waals surface area contributed by atoms with Crippen LogP contribution in [0.15, 0.2) is 36.4 Å². The fourth-order valence-electron chi connectivity index (χ4n) is 1.87. The molecule has 0 saturated heterocycles. The lowest BCUT2D eigenvalue weighted by molar-refractivity contribution is 0.0594. The predicted octanol–water partition coefficient (Wildman–Crippen LogP) is 2.68. The Kier molecular flexibility index (Phi) is 3.89. The summed E-state index contributed by atoms with van der Waals surface area (Å²) in [6, 6.07) is 7.45. The van der Waals surface area contributed by atoms with Crippen LogP contribution in [0.2, 0.25) is 0 Å². The minimum atomic E-state index is -1.21. The lowest BCUT2D eigenvalue weighted by atomic mass is 10.0. The number of aromatic hydroxyl groups is 1. The molecule has 0 spiro atoms. The maximum absolute atomic E-state index is 13.9. The monoisotopic (exact) mass is 290 g/mol. The topological polar surface area (TPSA) is 83.8 Å². The van der Waals surface area contributed by atoms with Crippen molar-refractivity contribution in [3.05, 3.63) is 53.3 Å². The van der Waals surface area contributed by atoms with Crippen LogP contribution >= 0.6 is 0 Å². The van der Waals surface area contributed by atoms with Gasteiger partial charge in [-0.1, -0.05) is 6.07 Å². The number of rotatable bonds is 3. The van der Waals surface area contributed by atoms with E-state index >= 15 is 0 Å². The average Bonchev–Trinajstić information content (AvgIpc) is 2.45. The fourth-order valence-corrected chi connectivity index (χ4v) is 1.87. The number of esters is 1. The molecule has 2 rings (SSSR count). The molecule has 0 aromatic heterocycles. The number of halogens is 1. The number of methoxy groups -OCH3 is 1. The van der Waals surface area contributed by atoms with Gasteiger partial charge >= 0.3 is 11.9 Å². The quantitative estimate of drug-likeness (QED) is 0.849. The van der Waals surface area contributed by atoms with Crippen molar-refractivity contribution in [3.8, 4) is 16.9 Å². The van der Waals surface area contributed by atoms with Gasteiger partial charge in [0.05, 0.1) is 18.2 Å². The summed E-state index contributed by atoms with van der Waals surface area (Å²) in [6.45, 7) is 0. The highest BCUT2D eigenvalue weighted by Crippen LogP contribution is 2.27. The molecule has 0 fully saturated rings. The number of hydrogen-bond donors (Lipinski definition) is 2. The van der Waals surface area contributed by atoms with E-state index in [4.69, 9.17) is 5.11 Å². The zero-order valence-electron chi connectivity index (χ0n) is 11.0. The molecule has 21 heavy (non-hydrogen) atoms. The first kappa shape index (κ1) is 14.5. The van der Waals surface area contributed by atoms with Crippen molar-refractivity contribution in [2.45, 2.75) is 0 Å². The van der Waals surface area contributed by atoms with Crippen molar-refractivity contribution in [2.75, 3.05) is 7.11 Å². The Morgan fingerprint density at radius 3 is 2.38 bits per heavy atom. The molecule has 0 amide bonds. The molecular weight excluding hydrogens is 279 g/mol. The second-order valence-corrected chi connectivity index (χ2v) is 4.26. The molecule has 0 bridgehead atoms. The molecular formula is C15H11FO5. The van der Waals surface area contributed by atoms with Gasteiger partial charge in [0.2, 0.25) is 0 Å². The number of hydrogen-bond acceptors (Lipinski definition) is 4. The Labute approximate surface area is 119 Å². The van der Waals surface area contributed by atoms with Crippen molar-refractivity contribution in [2.24, 2.45) is 0 Å². The van der Waals surface area contributed by atoms with Crippen LogP contribution in [0, 0.1) is 5.82 Å². The molecule has 2 aromatic carbocycles. The van der Waals surface area contributed by atoms with Gasteiger partial charge in [-0.05, 0) is 41.5 Å². The molecule has 108 valence electrons. The molecule has 0 saturated carbocycles. The van der Waals surface area contributed by atoms with Gasteiger partial charge < -0.3 is 14.9 Å². The number of ether oxygens (including phenoxy) is 1. The van der Waals surface area contributed by atoms with E-state index in [1.807, 2.05) is 0 Å². The summed E-state index contributed by atoms with van der Waals surface area (Å²) < 4.78 is 18.3. The fraction of sp³-hybridized carbons (Fsp3) is 0.0667. The minimum absolute atomic E-state index is 0.123. The molecule has 0 heterocycles. The highest BCUT2D eigenvalue weighted by molar-refractivity contribution is 5.92. The largest absolute Gasteiger partial charge is 0.508 e. The molecule has 0 radical (unpaired) electrons. The van der Waals surface area contributed by atoms with Crippen LogP contribution in [0.4, 0.5) is 4.39 Å². The highest BCUT2D eigenvalue weighted by Gasteiger charge is 2.14. The van der Waals surface area contributed by atoms with Crippen LogP contribution < -0.4 is 0 Å². The molecule has 0 aliphatic heterocycles. The Morgan fingerprint density at radius 2 is 1.81 bits per heavy atom. The van der Waals surface area contributed by atoms with E-state index in [9.17, 15) is 19.1 Å². The average molecular weight is 290 g/mol. The number of carbonyl (C=O) groups excluding carboxylic acids is 1. The smallest absolute Gasteiger partial charge is 0.340 e. The second kappa shape index (κ2) is 5.62. The van der Waals surface area contributed by atoms with Gasteiger partial charge in [-0.25, -0.2) is 14.0 Å². The maximum Gasteiger partial charge on any atom is 0.340 e. The summed E-state index contributed by atoms with van der Waals surface area (Å²) in [5.41, 5.74) is 0.309. The number of carboxylic acids is 1. The normalized spacial score (nSPS) is 10.2. The molecule has 0 atom stereocenters. The first-order valence-electron chi connectivity index (χ1n) is 5.88. The van der Waals surface area contributed by atoms with Gasteiger partial charge in [0.1, 0.15) is 11.6 Å². The van der Waals surface area contributed by atoms with Crippen LogP contribution in [0.5, 0.6) is 5.75 Å². The molecule has 2 aromatic rings. The van der Waals surface area contributed by atoms with Gasteiger partial charge in [-0.2, -0.15) is 0 Å². The summed E-state index contributed by atoms with van der Waals surface area (Å²) in [4.78, 5) is 22.2. The first-order valence-corrected chi connectivity index (χ1v) is 5.88. The van der Waals surface area contributed by atoms with Crippen molar-refractivity contribution in [3.63, 3.8) is 0 Å². The molecule has 0 aliphatic rings. The SMILES string of the molecule is COC(=O)c1ccc(-c2cc(O)cc(C(=O)O)c2)cc1F. The standard InChI is InChI=1S/C15H11FO5/c1-21-15(20)12-3-2-8(7-13(12)16)9-4-10(14(18)19)6-11(17)5-9/h2-7,17H,1H3,(H,18,19). The third-order valence-electron chi connectivity index (χ3n) is 2.87. The summed E-state index contributed by atoms with van der Waals surface area (Å²) >= 11 is 0. The highest BCUT2D eigenvalue weighted by atomic mass is 19.1. The zero-order chi connectivity index (χ0) is 15.6. The van der Waals surface area contributed by atoms with Crippen LogP contribution in [-0.4, -0.2) is 29.3 Å². The Balaban J connectivity index is 2.50. The number of carboxylic acid groups (broad SMARTS) is 1. The van der Waals surface area contributed by atoms with Gasteiger partial charge in [0, 0.05) is 0 Å². The predicted molar refractivity (Wildman–Crippen MR) is 71.8 cm³/mol. The zero-order valence-corrected chi connectivity index (χ0v) is 11.0. The lowest BCUT2D eigenvalue weighted by Gasteiger charge is -2.07. The van der Waals surface area contributed by atoms with E-state index in [2.05, 4.69) is 4.74 Å². The number of carbonyl (C=O) groups is 2. The molecule has 2 N–H and O–H groups in total. The third kappa shape index (κ3) is 3.00. The van der Waals surface area contributed by atoms with E-state index < -0.39 is 17.8 Å². The summed E-state index contributed by atoms with van der Waals surface area (Å²) in [6.07, 6.45) is 0. The van der Waals surface area contributed by atoms with Crippen LogP contribution in [-0.2, 0) is 4.74 Å². The van der Waals surface area contributed by atoms with Gasteiger partial charge in [-0.3, -0.25) is 0 Å². The van der Waals surface area contributed by atoms with E-state index in [1.54, 1.807) is 0 Å².